The molecule has 0 unspecified atom stereocenters. The van der Waals surface area contributed by atoms with Gasteiger partial charge in [0, 0.05) is 19.2 Å². The third-order valence-corrected chi connectivity index (χ3v) is 2.32. The minimum Gasteiger partial charge on any atom is -0.360 e. The second-order valence-electron chi connectivity index (χ2n) is 3.44. The average molecular weight is 230 g/mol. The van der Waals surface area contributed by atoms with Crippen molar-refractivity contribution >= 4 is 5.84 Å². The van der Waals surface area contributed by atoms with Gasteiger partial charge in [-0.2, -0.15) is 13.2 Å². The van der Waals surface area contributed by atoms with Crippen LogP contribution in [-0.4, -0.2) is 24.3 Å². The fourth-order valence-corrected chi connectivity index (χ4v) is 1.22. The third kappa shape index (κ3) is 2.74. The van der Waals surface area contributed by atoms with Crippen LogP contribution >= 0.6 is 0 Å². The van der Waals surface area contributed by atoms with E-state index in [4.69, 9.17) is 5.41 Å². The van der Waals surface area contributed by atoms with Crippen molar-refractivity contribution in [3.05, 3.63) is 35.4 Å². The Balaban J connectivity index is 3.04. The van der Waals surface area contributed by atoms with Crippen LogP contribution in [0.25, 0.3) is 0 Å². The molecule has 5 heteroatoms. The number of hydrogen-bond donors (Lipinski definition) is 1. The molecule has 0 saturated heterocycles. The molecule has 88 valence electrons. The van der Waals surface area contributed by atoms with Crippen LogP contribution in [0.2, 0.25) is 0 Å². The Morgan fingerprint density at radius 3 is 2.50 bits per heavy atom. The molecule has 0 aliphatic rings. The van der Waals surface area contributed by atoms with Gasteiger partial charge in [-0.3, -0.25) is 5.41 Å². The molecule has 1 rings (SSSR count). The summed E-state index contributed by atoms with van der Waals surface area (Å²) in [6, 6.07) is 4.82. The summed E-state index contributed by atoms with van der Waals surface area (Å²) in [6.45, 7) is 2.41. The highest BCUT2D eigenvalue weighted by atomic mass is 19.4. The number of halogens is 3. The Bertz CT molecular complexity index is 385. The summed E-state index contributed by atoms with van der Waals surface area (Å²) in [4.78, 5) is 1.58. The van der Waals surface area contributed by atoms with E-state index in [9.17, 15) is 13.2 Å². The van der Waals surface area contributed by atoms with E-state index < -0.39 is 11.7 Å². The van der Waals surface area contributed by atoms with E-state index in [1.807, 2.05) is 6.92 Å². The molecular weight excluding hydrogens is 217 g/mol. The third-order valence-electron chi connectivity index (χ3n) is 2.32. The summed E-state index contributed by atoms with van der Waals surface area (Å²) < 4.78 is 37.3. The summed E-state index contributed by atoms with van der Waals surface area (Å²) in [5.41, 5.74) is -0.446. The Morgan fingerprint density at radius 2 is 2.00 bits per heavy atom. The monoisotopic (exact) mass is 230 g/mol. The summed E-state index contributed by atoms with van der Waals surface area (Å²) in [7, 11) is 1.67. The van der Waals surface area contributed by atoms with Gasteiger partial charge < -0.3 is 4.90 Å². The number of rotatable bonds is 2. The van der Waals surface area contributed by atoms with Gasteiger partial charge in [0.25, 0.3) is 0 Å². The Kier molecular flexibility index (Phi) is 3.57. The maximum atomic E-state index is 12.4. The van der Waals surface area contributed by atoms with Crippen LogP contribution in [0.15, 0.2) is 24.3 Å². The van der Waals surface area contributed by atoms with Crippen molar-refractivity contribution in [3.63, 3.8) is 0 Å². The first-order chi connectivity index (χ1) is 7.36. The van der Waals surface area contributed by atoms with Gasteiger partial charge in [0.2, 0.25) is 0 Å². The van der Waals surface area contributed by atoms with Gasteiger partial charge in [-0.05, 0) is 19.1 Å². The molecule has 0 spiro atoms. The highest BCUT2D eigenvalue weighted by Gasteiger charge is 2.30. The van der Waals surface area contributed by atoms with Crippen molar-refractivity contribution in [3.8, 4) is 0 Å². The van der Waals surface area contributed by atoms with E-state index in [-0.39, 0.29) is 11.4 Å². The summed E-state index contributed by atoms with van der Waals surface area (Å²) in [5, 5.41) is 7.70. The standard InChI is InChI=1S/C11H13F3N2/c1-3-16(2)10(15)8-5-4-6-9(7-8)11(12,13)14/h4-7,15H,3H2,1-2H3. The quantitative estimate of drug-likeness (QED) is 0.613. The van der Waals surface area contributed by atoms with Crippen LogP contribution in [0.1, 0.15) is 18.1 Å². The van der Waals surface area contributed by atoms with Crippen LogP contribution in [0.3, 0.4) is 0 Å². The van der Waals surface area contributed by atoms with Crippen LogP contribution in [-0.2, 0) is 6.18 Å². The molecule has 0 aromatic heterocycles. The van der Waals surface area contributed by atoms with E-state index in [2.05, 4.69) is 0 Å². The zero-order chi connectivity index (χ0) is 12.3. The minimum absolute atomic E-state index is 0.0913. The number of amidine groups is 1. The van der Waals surface area contributed by atoms with Crippen LogP contribution in [0.4, 0.5) is 13.2 Å². The first-order valence-electron chi connectivity index (χ1n) is 4.83. The predicted octanol–water partition coefficient (Wildman–Crippen LogP) is 2.98. The van der Waals surface area contributed by atoms with Crippen LogP contribution < -0.4 is 0 Å². The number of alkyl halides is 3. The molecule has 16 heavy (non-hydrogen) atoms. The number of benzene rings is 1. The smallest absolute Gasteiger partial charge is 0.360 e. The molecular formula is C11H13F3N2. The molecule has 0 saturated carbocycles. The van der Waals surface area contributed by atoms with Crippen molar-refractivity contribution in [1.29, 1.82) is 5.41 Å². The molecule has 0 atom stereocenters. The van der Waals surface area contributed by atoms with Crippen molar-refractivity contribution < 1.29 is 13.2 Å². The first-order valence-corrected chi connectivity index (χ1v) is 4.83. The van der Waals surface area contributed by atoms with Gasteiger partial charge in [-0.15, -0.1) is 0 Å². The Labute approximate surface area is 92.2 Å². The SMILES string of the molecule is CCN(C)C(=N)c1cccc(C(F)(F)F)c1. The maximum Gasteiger partial charge on any atom is 0.416 e. The minimum atomic E-state index is -4.36. The van der Waals surface area contributed by atoms with Crippen molar-refractivity contribution in [2.75, 3.05) is 13.6 Å². The van der Waals surface area contributed by atoms with Crippen molar-refractivity contribution in [1.82, 2.24) is 4.90 Å². The number of hydrogen-bond acceptors (Lipinski definition) is 1. The number of nitrogens with zero attached hydrogens (tertiary/aromatic N) is 1. The molecule has 0 radical (unpaired) electrons. The lowest BCUT2D eigenvalue weighted by Gasteiger charge is -2.18. The average Bonchev–Trinajstić information content (AvgIpc) is 2.26. The zero-order valence-corrected chi connectivity index (χ0v) is 9.10. The second kappa shape index (κ2) is 4.55. The highest BCUT2D eigenvalue weighted by molar-refractivity contribution is 5.96. The second-order valence-corrected chi connectivity index (χ2v) is 3.44. The van der Waals surface area contributed by atoms with Gasteiger partial charge in [0.15, 0.2) is 0 Å². The molecule has 1 aromatic rings. The largest absolute Gasteiger partial charge is 0.416 e. The van der Waals surface area contributed by atoms with E-state index in [1.165, 1.54) is 12.1 Å². The summed E-state index contributed by atoms with van der Waals surface area (Å²) in [5.74, 6) is 0.0913. The maximum absolute atomic E-state index is 12.4. The lowest BCUT2D eigenvalue weighted by molar-refractivity contribution is -0.137. The molecule has 0 heterocycles. The lowest BCUT2D eigenvalue weighted by atomic mass is 10.1. The van der Waals surface area contributed by atoms with E-state index in [0.717, 1.165) is 12.1 Å². The van der Waals surface area contributed by atoms with E-state index >= 15 is 0 Å². The van der Waals surface area contributed by atoms with E-state index in [1.54, 1.807) is 11.9 Å². The zero-order valence-electron chi connectivity index (χ0n) is 9.10. The number of nitrogens with one attached hydrogen (secondary N) is 1. The molecule has 0 bridgehead atoms. The van der Waals surface area contributed by atoms with Gasteiger partial charge in [-0.1, -0.05) is 12.1 Å². The van der Waals surface area contributed by atoms with E-state index in [0.29, 0.717) is 6.54 Å². The van der Waals surface area contributed by atoms with Gasteiger partial charge >= 0.3 is 6.18 Å². The molecule has 1 aromatic carbocycles. The molecule has 0 aliphatic heterocycles. The van der Waals surface area contributed by atoms with Gasteiger partial charge in [-0.25, -0.2) is 0 Å². The summed E-state index contributed by atoms with van der Waals surface area (Å²) >= 11 is 0. The van der Waals surface area contributed by atoms with Gasteiger partial charge in [0.05, 0.1) is 5.56 Å². The van der Waals surface area contributed by atoms with Crippen LogP contribution in [0, 0.1) is 5.41 Å². The molecule has 2 nitrogen and oxygen atoms in total. The fraction of sp³-hybridized carbons (Fsp3) is 0.364. The normalized spacial score (nSPS) is 11.3. The fourth-order valence-electron chi connectivity index (χ4n) is 1.22. The molecule has 0 amide bonds. The van der Waals surface area contributed by atoms with Gasteiger partial charge in [0.1, 0.15) is 5.84 Å². The van der Waals surface area contributed by atoms with Crippen molar-refractivity contribution in [2.45, 2.75) is 13.1 Å². The Hall–Kier alpha value is -1.52. The van der Waals surface area contributed by atoms with Crippen molar-refractivity contribution in [2.24, 2.45) is 0 Å². The topological polar surface area (TPSA) is 27.1 Å². The first kappa shape index (κ1) is 12.5. The molecule has 1 N–H and O–H groups in total. The molecule has 0 aliphatic carbocycles. The Morgan fingerprint density at radius 1 is 1.38 bits per heavy atom. The highest BCUT2D eigenvalue weighted by Crippen LogP contribution is 2.29. The lowest BCUT2D eigenvalue weighted by Crippen LogP contribution is -2.26. The van der Waals surface area contributed by atoms with Crippen LogP contribution in [0.5, 0.6) is 0 Å². The molecule has 0 fully saturated rings. The summed E-state index contributed by atoms with van der Waals surface area (Å²) in [6.07, 6.45) is -4.36. The predicted molar refractivity (Wildman–Crippen MR) is 56.6 cm³/mol.